The molecule has 0 aliphatic carbocycles. The van der Waals surface area contributed by atoms with Gasteiger partial charge in [-0.2, -0.15) is 0 Å². The summed E-state index contributed by atoms with van der Waals surface area (Å²) < 4.78 is 19.5. The molecule has 0 radical (unpaired) electrons. The van der Waals surface area contributed by atoms with Gasteiger partial charge in [-0.3, -0.25) is 14.3 Å². The Morgan fingerprint density at radius 2 is 2.22 bits per heavy atom. The summed E-state index contributed by atoms with van der Waals surface area (Å²) in [6.45, 7) is 0.821. The predicted octanol–water partition coefficient (Wildman–Crippen LogP) is -0.526. The van der Waals surface area contributed by atoms with Crippen LogP contribution in [0.2, 0.25) is 0 Å². The Hall–Kier alpha value is -1.93. The van der Waals surface area contributed by atoms with E-state index in [1.807, 2.05) is 4.98 Å². The lowest BCUT2D eigenvalue weighted by molar-refractivity contribution is -0.0327. The van der Waals surface area contributed by atoms with Crippen molar-refractivity contribution >= 4 is 0 Å². The summed E-state index contributed by atoms with van der Waals surface area (Å²) in [5.74, 6) is -1.82. The van der Waals surface area contributed by atoms with E-state index in [1.54, 1.807) is 0 Å². The van der Waals surface area contributed by atoms with Crippen LogP contribution < -0.4 is 11.2 Å². The monoisotopic (exact) mass is 258 g/mol. The molecule has 3 N–H and O–H groups in total. The van der Waals surface area contributed by atoms with Gasteiger partial charge in [0.2, 0.25) is 0 Å². The van der Waals surface area contributed by atoms with Crippen LogP contribution in [0.5, 0.6) is 0 Å². The van der Waals surface area contributed by atoms with Gasteiger partial charge >= 0.3 is 5.69 Å². The first kappa shape index (κ1) is 12.5. The number of aromatic amines is 1. The maximum atomic E-state index is 13.7. The van der Waals surface area contributed by atoms with Crippen molar-refractivity contribution in [3.63, 3.8) is 0 Å². The first-order valence-corrected chi connectivity index (χ1v) is 5.12. The predicted molar refractivity (Wildman–Crippen MR) is 57.8 cm³/mol. The van der Waals surface area contributed by atoms with E-state index in [9.17, 15) is 19.1 Å². The number of hydrogen-bond acceptors (Lipinski definition) is 5. The summed E-state index contributed by atoms with van der Waals surface area (Å²) in [5, 5.41) is 18.2. The second-order valence-electron chi connectivity index (χ2n) is 3.87. The van der Waals surface area contributed by atoms with Crippen LogP contribution in [-0.2, 0) is 4.74 Å². The summed E-state index contributed by atoms with van der Waals surface area (Å²) in [5.41, 5.74) is -1.25. The summed E-state index contributed by atoms with van der Waals surface area (Å²) in [6, 6.07) is 0. The van der Waals surface area contributed by atoms with Gasteiger partial charge in [-0.15, -0.1) is 0 Å². The van der Waals surface area contributed by atoms with Crippen molar-refractivity contribution in [1.82, 2.24) is 9.55 Å². The molecule has 0 amide bonds. The molecule has 0 unspecified atom stereocenters. The third-order valence-corrected chi connectivity index (χ3v) is 2.62. The number of halogens is 1. The van der Waals surface area contributed by atoms with Crippen LogP contribution in [0.3, 0.4) is 0 Å². The lowest BCUT2D eigenvalue weighted by Crippen LogP contribution is -2.34. The van der Waals surface area contributed by atoms with Gasteiger partial charge < -0.3 is 14.9 Å². The van der Waals surface area contributed by atoms with Gasteiger partial charge in [-0.1, -0.05) is 0 Å². The number of rotatable bonds is 2. The number of nitrogens with zero attached hydrogens (tertiary/aromatic N) is 1. The summed E-state index contributed by atoms with van der Waals surface area (Å²) in [4.78, 5) is 24.7. The lowest BCUT2D eigenvalue weighted by Gasteiger charge is -2.14. The second-order valence-corrected chi connectivity index (χ2v) is 3.87. The molecule has 1 aromatic rings. The Morgan fingerprint density at radius 3 is 2.78 bits per heavy atom. The molecule has 2 rings (SSSR count). The fourth-order valence-corrected chi connectivity index (χ4v) is 1.64. The quantitative estimate of drug-likeness (QED) is 0.661. The van der Waals surface area contributed by atoms with Gasteiger partial charge in [0.1, 0.15) is 6.10 Å². The standard InChI is InChI=1S/C10H11FN2O5/c1-4-2-13(10(17)12-8(4)16)9-6(11)7(15)5(3-14)18-9/h2,5,9,14-15H,3H2,1H3,(H,12,16,17)/t5-,9-/m1/s1. The van der Waals surface area contributed by atoms with Crippen molar-refractivity contribution in [3.05, 3.63) is 44.2 Å². The van der Waals surface area contributed by atoms with Crippen molar-refractivity contribution < 1.29 is 19.3 Å². The Kier molecular flexibility index (Phi) is 3.05. The van der Waals surface area contributed by atoms with E-state index >= 15 is 0 Å². The molecule has 0 aromatic carbocycles. The lowest BCUT2D eigenvalue weighted by atomic mass is 10.3. The number of nitrogens with one attached hydrogen (secondary N) is 1. The van der Waals surface area contributed by atoms with Gasteiger partial charge in [0.25, 0.3) is 5.56 Å². The number of aryl methyl sites for hydroxylation is 1. The molecule has 18 heavy (non-hydrogen) atoms. The third kappa shape index (κ3) is 1.85. The minimum Gasteiger partial charge on any atom is -0.507 e. The maximum absolute atomic E-state index is 13.7. The largest absolute Gasteiger partial charge is 0.507 e. The van der Waals surface area contributed by atoms with Crippen LogP contribution in [0.4, 0.5) is 4.39 Å². The summed E-state index contributed by atoms with van der Waals surface area (Å²) in [6.07, 6.45) is -1.57. The Morgan fingerprint density at radius 1 is 1.56 bits per heavy atom. The molecular weight excluding hydrogens is 247 g/mol. The topological polar surface area (TPSA) is 105 Å². The fourth-order valence-electron chi connectivity index (χ4n) is 1.64. The molecule has 1 aliphatic rings. The van der Waals surface area contributed by atoms with Crippen LogP contribution in [-0.4, -0.2) is 32.5 Å². The van der Waals surface area contributed by atoms with Crippen molar-refractivity contribution in [1.29, 1.82) is 0 Å². The number of aliphatic hydroxyl groups is 2. The molecule has 1 aliphatic heterocycles. The average Bonchev–Trinajstić information content (AvgIpc) is 2.61. The molecule has 2 heterocycles. The number of H-pyrrole nitrogens is 1. The van der Waals surface area contributed by atoms with E-state index in [1.165, 1.54) is 6.92 Å². The molecule has 0 bridgehead atoms. The molecular formula is C10H11FN2O5. The minimum atomic E-state index is -1.48. The Labute approximate surface area is 99.8 Å². The summed E-state index contributed by atoms with van der Waals surface area (Å²) >= 11 is 0. The molecule has 0 spiro atoms. The van der Waals surface area contributed by atoms with E-state index in [4.69, 9.17) is 9.84 Å². The first-order valence-electron chi connectivity index (χ1n) is 5.12. The van der Waals surface area contributed by atoms with Crippen LogP contribution in [0.15, 0.2) is 27.4 Å². The average molecular weight is 258 g/mol. The number of aliphatic hydroxyl groups excluding tert-OH is 2. The molecule has 0 saturated carbocycles. The van der Waals surface area contributed by atoms with E-state index in [2.05, 4.69) is 0 Å². The van der Waals surface area contributed by atoms with Gasteiger partial charge in [0.15, 0.2) is 17.8 Å². The van der Waals surface area contributed by atoms with Crippen molar-refractivity contribution in [3.8, 4) is 0 Å². The highest BCUT2D eigenvalue weighted by Crippen LogP contribution is 2.32. The van der Waals surface area contributed by atoms with Crippen LogP contribution in [0.25, 0.3) is 0 Å². The smallest absolute Gasteiger partial charge is 0.330 e. The van der Waals surface area contributed by atoms with Gasteiger partial charge in [0, 0.05) is 11.8 Å². The number of ether oxygens (including phenoxy) is 1. The third-order valence-electron chi connectivity index (χ3n) is 2.62. The number of aromatic nitrogens is 2. The Bertz CT molecular complexity index is 617. The molecule has 0 saturated heterocycles. The molecule has 0 fully saturated rings. The minimum absolute atomic E-state index is 0.193. The van der Waals surface area contributed by atoms with E-state index in [0.717, 1.165) is 10.8 Å². The highest BCUT2D eigenvalue weighted by molar-refractivity contribution is 5.15. The number of hydrogen-bond donors (Lipinski definition) is 3. The van der Waals surface area contributed by atoms with Gasteiger partial charge in [0.05, 0.1) is 6.61 Å². The van der Waals surface area contributed by atoms with Crippen molar-refractivity contribution in [2.45, 2.75) is 19.3 Å². The van der Waals surface area contributed by atoms with Crippen molar-refractivity contribution in [2.24, 2.45) is 0 Å². The molecule has 98 valence electrons. The van der Waals surface area contributed by atoms with Crippen LogP contribution in [0.1, 0.15) is 11.8 Å². The van der Waals surface area contributed by atoms with E-state index in [-0.39, 0.29) is 5.56 Å². The zero-order valence-electron chi connectivity index (χ0n) is 9.38. The fraction of sp³-hybridized carbons (Fsp3) is 0.400. The zero-order chi connectivity index (χ0) is 13.4. The SMILES string of the molecule is Cc1cn([C@@H]2O[C@H](CO)C(O)=C2F)c(=O)[nH]c1=O. The van der Waals surface area contributed by atoms with E-state index < -0.39 is 41.8 Å². The molecule has 2 atom stereocenters. The maximum Gasteiger partial charge on any atom is 0.330 e. The highest BCUT2D eigenvalue weighted by Gasteiger charge is 2.36. The van der Waals surface area contributed by atoms with Crippen molar-refractivity contribution in [2.75, 3.05) is 6.61 Å². The normalized spacial score (nSPS) is 23.7. The van der Waals surface area contributed by atoms with E-state index in [0.29, 0.717) is 0 Å². The molecule has 8 heteroatoms. The molecule has 7 nitrogen and oxygen atoms in total. The second kappa shape index (κ2) is 4.39. The zero-order valence-corrected chi connectivity index (χ0v) is 9.38. The highest BCUT2D eigenvalue weighted by atomic mass is 19.1. The van der Waals surface area contributed by atoms with Crippen LogP contribution in [0, 0.1) is 6.92 Å². The molecule has 1 aromatic heterocycles. The van der Waals surface area contributed by atoms with Gasteiger partial charge in [-0.25, -0.2) is 9.18 Å². The Balaban J connectivity index is 2.50. The first-order chi connectivity index (χ1) is 8.45. The summed E-state index contributed by atoms with van der Waals surface area (Å²) in [7, 11) is 0. The van der Waals surface area contributed by atoms with Gasteiger partial charge in [-0.05, 0) is 6.92 Å². The van der Waals surface area contributed by atoms with Crippen LogP contribution >= 0.6 is 0 Å².